The maximum absolute atomic E-state index is 12.4. The van der Waals surface area contributed by atoms with Crippen molar-refractivity contribution in [1.82, 2.24) is 24.9 Å². The molecule has 8 heteroatoms. The number of aromatic nitrogens is 2. The molecular formula is C17H24ClN5O2. The van der Waals surface area contributed by atoms with Gasteiger partial charge in [-0.15, -0.1) is 0 Å². The lowest BCUT2D eigenvalue weighted by molar-refractivity contribution is -0.128. The van der Waals surface area contributed by atoms with E-state index < -0.39 is 0 Å². The fourth-order valence-electron chi connectivity index (χ4n) is 2.93. The monoisotopic (exact) mass is 365 g/mol. The Hall–Kier alpha value is -1.86. The zero-order chi connectivity index (χ0) is 18.0. The summed E-state index contributed by atoms with van der Waals surface area (Å²) < 4.78 is 1.59. The van der Waals surface area contributed by atoms with Crippen molar-refractivity contribution in [3.8, 4) is 0 Å². The molecule has 136 valence electrons. The van der Waals surface area contributed by atoms with Crippen LogP contribution in [0.3, 0.4) is 0 Å². The SMILES string of the molecule is Cc1nn(C)c(Cl)c1/C=C/C(=O)N1CCN(CC(=O)NC2CC2)CC1. The Kier molecular flexibility index (Phi) is 5.44. The predicted octanol–water partition coefficient (Wildman–Crippen LogP) is 0.818. The molecule has 0 unspecified atom stereocenters. The number of amides is 2. The lowest BCUT2D eigenvalue weighted by atomic mass is 10.2. The molecule has 1 aliphatic carbocycles. The summed E-state index contributed by atoms with van der Waals surface area (Å²) in [6, 6.07) is 0.392. The molecule has 1 saturated carbocycles. The van der Waals surface area contributed by atoms with Crippen molar-refractivity contribution in [2.45, 2.75) is 25.8 Å². The summed E-state index contributed by atoms with van der Waals surface area (Å²) >= 11 is 6.17. The molecule has 2 aliphatic rings. The van der Waals surface area contributed by atoms with Crippen LogP contribution in [0.1, 0.15) is 24.1 Å². The summed E-state index contributed by atoms with van der Waals surface area (Å²) in [5.41, 5.74) is 1.57. The number of halogens is 1. The van der Waals surface area contributed by atoms with Crippen LogP contribution in [0.25, 0.3) is 6.08 Å². The topological polar surface area (TPSA) is 70.5 Å². The number of carbonyl (C=O) groups excluding carboxylic acids is 2. The van der Waals surface area contributed by atoms with E-state index in [4.69, 9.17) is 11.6 Å². The highest BCUT2D eigenvalue weighted by atomic mass is 35.5. The number of piperazine rings is 1. The lowest BCUT2D eigenvalue weighted by Gasteiger charge is -2.33. The molecular weight excluding hydrogens is 342 g/mol. The van der Waals surface area contributed by atoms with Crippen LogP contribution < -0.4 is 5.32 Å². The van der Waals surface area contributed by atoms with E-state index in [0.717, 1.165) is 24.1 Å². The molecule has 7 nitrogen and oxygen atoms in total. The molecule has 0 bridgehead atoms. The van der Waals surface area contributed by atoms with Crippen LogP contribution in [0.5, 0.6) is 0 Å². The van der Waals surface area contributed by atoms with E-state index in [1.165, 1.54) is 0 Å². The molecule has 2 heterocycles. The molecule has 3 rings (SSSR count). The van der Waals surface area contributed by atoms with Crippen LogP contribution in [0, 0.1) is 6.92 Å². The third-order valence-electron chi connectivity index (χ3n) is 4.58. The number of nitrogens with zero attached hydrogens (tertiary/aromatic N) is 4. The van der Waals surface area contributed by atoms with Crippen molar-refractivity contribution in [1.29, 1.82) is 0 Å². The minimum Gasteiger partial charge on any atom is -0.352 e. The van der Waals surface area contributed by atoms with Crippen LogP contribution in [-0.4, -0.2) is 70.2 Å². The standard InChI is InChI=1S/C17H24ClN5O2/c1-12-14(17(18)21(2)20-12)5-6-16(25)23-9-7-22(8-10-23)11-15(24)19-13-3-4-13/h5-6,13H,3-4,7-11H2,1-2H3,(H,19,24)/b6-5+. The second-order valence-corrected chi connectivity index (χ2v) is 7.05. The summed E-state index contributed by atoms with van der Waals surface area (Å²) in [6.07, 6.45) is 5.47. The number of hydrogen-bond acceptors (Lipinski definition) is 4. The van der Waals surface area contributed by atoms with Gasteiger partial charge in [0.1, 0.15) is 5.15 Å². The minimum atomic E-state index is -0.0404. The second kappa shape index (κ2) is 7.58. The Balaban J connectivity index is 1.47. The highest BCUT2D eigenvalue weighted by Gasteiger charge is 2.26. The molecule has 25 heavy (non-hydrogen) atoms. The predicted molar refractivity (Wildman–Crippen MR) is 96.2 cm³/mol. The van der Waals surface area contributed by atoms with E-state index in [9.17, 15) is 9.59 Å². The number of rotatable bonds is 5. The average molecular weight is 366 g/mol. The van der Waals surface area contributed by atoms with Gasteiger partial charge in [0, 0.05) is 50.9 Å². The Morgan fingerprint density at radius 3 is 2.52 bits per heavy atom. The van der Waals surface area contributed by atoms with Crippen molar-refractivity contribution >= 4 is 29.5 Å². The maximum atomic E-state index is 12.4. The van der Waals surface area contributed by atoms with Gasteiger partial charge in [0.25, 0.3) is 0 Å². The van der Waals surface area contributed by atoms with Crippen molar-refractivity contribution < 1.29 is 9.59 Å². The summed E-state index contributed by atoms with van der Waals surface area (Å²) in [5, 5.41) is 7.74. The van der Waals surface area contributed by atoms with E-state index >= 15 is 0 Å². The summed E-state index contributed by atoms with van der Waals surface area (Å²) in [4.78, 5) is 28.1. The fraction of sp³-hybridized carbons (Fsp3) is 0.588. The fourth-order valence-corrected chi connectivity index (χ4v) is 3.16. The van der Waals surface area contributed by atoms with Gasteiger partial charge in [-0.1, -0.05) is 11.6 Å². The van der Waals surface area contributed by atoms with E-state index in [-0.39, 0.29) is 11.8 Å². The molecule has 2 fully saturated rings. The molecule has 0 spiro atoms. The third kappa shape index (κ3) is 4.61. The first kappa shape index (κ1) is 17.9. The van der Waals surface area contributed by atoms with E-state index in [0.29, 0.717) is 43.9 Å². The second-order valence-electron chi connectivity index (χ2n) is 6.69. The van der Waals surface area contributed by atoms with Crippen molar-refractivity contribution in [3.63, 3.8) is 0 Å². The van der Waals surface area contributed by atoms with Gasteiger partial charge in [0.2, 0.25) is 11.8 Å². The first-order valence-electron chi connectivity index (χ1n) is 8.62. The maximum Gasteiger partial charge on any atom is 0.246 e. The first-order chi connectivity index (χ1) is 11.9. The zero-order valence-electron chi connectivity index (χ0n) is 14.7. The minimum absolute atomic E-state index is 0.0404. The normalized spacial score (nSPS) is 18.8. The van der Waals surface area contributed by atoms with Gasteiger partial charge in [0.15, 0.2) is 0 Å². The van der Waals surface area contributed by atoms with Crippen molar-refractivity contribution in [3.05, 3.63) is 22.5 Å². The van der Waals surface area contributed by atoms with Gasteiger partial charge in [-0.3, -0.25) is 19.2 Å². The number of hydrogen-bond donors (Lipinski definition) is 1. The molecule has 1 aromatic heterocycles. The summed E-state index contributed by atoms with van der Waals surface area (Å²) in [7, 11) is 1.77. The van der Waals surface area contributed by atoms with Crippen LogP contribution >= 0.6 is 11.6 Å². The van der Waals surface area contributed by atoms with Gasteiger partial charge in [0.05, 0.1) is 12.2 Å². The molecule has 2 amide bonds. The molecule has 0 atom stereocenters. The summed E-state index contributed by atoms with van der Waals surface area (Å²) in [6.45, 7) is 4.95. The Morgan fingerprint density at radius 1 is 1.28 bits per heavy atom. The van der Waals surface area contributed by atoms with Crippen molar-refractivity contribution in [2.75, 3.05) is 32.7 Å². The highest BCUT2D eigenvalue weighted by Crippen LogP contribution is 2.20. The van der Waals surface area contributed by atoms with Crippen molar-refractivity contribution in [2.24, 2.45) is 7.05 Å². The van der Waals surface area contributed by atoms with Gasteiger partial charge in [-0.25, -0.2) is 0 Å². The Labute approximate surface area is 152 Å². The first-order valence-corrected chi connectivity index (χ1v) is 8.99. The van der Waals surface area contributed by atoms with Crippen LogP contribution in [0.4, 0.5) is 0 Å². The number of aryl methyl sites for hydroxylation is 2. The van der Waals surface area contributed by atoms with Crippen LogP contribution in [-0.2, 0) is 16.6 Å². The Morgan fingerprint density at radius 2 is 1.96 bits per heavy atom. The summed E-state index contributed by atoms with van der Waals surface area (Å²) in [5.74, 6) is 0.0465. The average Bonchev–Trinajstić information content (AvgIpc) is 3.34. The molecule has 1 N–H and O–H groups in total. The number of nitrogens with one attached hydrogen (secondary N) is 1. The highest BCUT2D eigenvalue weighted by molar-refractivity contribution is 6.31. The van der Waals surface area contributed by atoms with Gasteiger partial charge in [-0.2, -0.15) is 5.10 Å². The molecule has 0 radical (unpaired) electrons. The molecule has 1 aromatic rings. The Bertz CT molecular complexity index is 687. The van der Waals surface area contributed by atoms with Crippen LogP contribution in [0.15, 0.2) is 6.08 Å². The molecule has 1 aliphatic heterocycles. The molecule has 1 saturated heterocycles. The smallest absolute Gasteiger partial charge is 0.246 e. The number of carbonyl (C=O) groups is 2. The van der Waals surface area contributed by atoms with E-state index in [1.807, 2.05) is 6.92 Å². The van der Waals surface area contributed by atoms with E-state index in [2.05, 4.69) is 15.3 Å². The third-order valence-corrected chi connectivity index (χ3v) is 5.03. The largest absolute Gasteiger partial charge is 0.352 e. The zero-order valence-corrected chi connectivity index (χ0v) is 15.4. The van der Waals surface area contributed by atoms with Gasteiger partial charge in [-0.05, 0) is 25.8 Å². The van der Waals surface area contributed by atoms with Gasteiger partial charge < -0.3 is 10.2 Å². The van der Waals surface area contributed by atoms with E-state index in [1.54, 1.807) is 28.8 Å². The lowest BCUT2D eigenvalue weighted by Crippen LogP contribution is -2.51. The van der Waals surface area contributed by atoms with Crippen LogP contribution in [0.2, 0.25) is 5.15 Å². The quantitative estimate of drug-likeness (QED) is 0.784. The van der Waals surface area contributed by atoms with Gasteiger partial charge >= 0.3 is 0 Å². The molecule has 0 aromatic carbocycles.